The van der Waals surface area contributed by atoms with Crippen molar-refractivity contribution < 1.29 is 17.9 Å². The first-order chi connectivity index (χ1) is 7.92. The zero-order valence-corrected chi connectivity index (χ0v) is 10.8. The smallest absolute Gasteiger partial charge is 0.381 e. The minimum Gasteiger partial charge on any atom is -0.381 e. The molecule has 0 bridgehead atoms. The van der Waals surface area contributed by atoms with Gasteiger partial charge in [-0.1, -0.05) is 13.8 Å². The van der Waals surface area contributed by atoms with Crippen LogP contribution in [0.4, 0.5) is 13.2 Å². The van der Waals surface area contributed by atoms with Gasteiger partial charge in [0.05, 0.1) is 0 Å². The van der Waals surface area contributed by atoms with Gasteiger partial charge >= 0.3 is 6.18 Å². The van der Waals surface area contributed by atoms with Gasteiger partial charge in [0.15, 0.2) is 0 Å². The molecule has 0 aromatic carbocycles. The third kappa shape index (κ3) is 15.7. The van der Waals surface area contributed by atoms with E-state index in [1.807, 2.05) is 0 Å². The summed E-state index contributed by atoms with van der Waals surface area (Å²) in [5.41, 5.74) is 0. The van der Waals surface area contributed by atoms with E-state index < -0.39 is 12.6 Å². The van der Waals surface area contributed by atoms with Crippen LogP contribution in [0.3, 0.4) is 0 Å². The van der Waals surface area contributed by atoms with E-state index >= 15 is 0 Å². The van der Waals surface area contributed by atoms with Gasteiger partial charge in [-0.3, -0.25) is 0 Å². The first kappa shape index (κ1) is 16.7. The van der Waals surface area contributed by atoms with Crippen molar-refractivity contribution in [2.24, 2.45) is 5.92 Å². The van der Waals surface area contributed by atoms with Gasteiger partial charge in [-0.2, -0.15) is 13.2 Å². The van der Waals surface area contributed by atoms with E-state index in [1.54, 1.807) is 0 Å². The molecular formula is C12H24F3NO. The summed E-state index contributed by atoms with van der Waals surface area (Å²) in [6.45, 7) is 7.02. The molecule has 0 rings (SSSR count). The number of hydrogen-bond acceptors (Lipinski definition) is 2. The maximum atomic E-state index is 11.8. The Balaban J connectivity index is 3.04. The molecular weight excluding hydrogens is 231 g/mol. The summed E-state index contributed by atoms with van der Waals surface area (Å²) in [5.74, 6) is 0.647. The minimum atomic E-state index is -4.05. The molecule has 104 valence electrons. The van der Waals surface area contributed by atoms with Crippen molar-refractivity contribution in [2.75, 3.05) is 26.3 Å². The van der Waals surface area contributed by atoms with Crippen LogP contribution in [-0.2, 0) is 4.74 Å². The monoisotopic (exact) mass is 255 g/mol. The van der Waals surface area contributed by atoms with Gasteiger partial charge in [-0.25, -0.2) is 0 Å². The second-order valence-electron chi connectivity index (χ2n) is 4.64. The van der Waals surface area contributed by atoms with Gasteiger partial charge in [0.1, 0.15) is 0 Å². The summed E-state index contributed by atoms with van der Waals surface area (Å²) in [6.07, 6.45) is -2.83. The van der Waals surface area contributed by atoms with Crippen LogP contribution in [-0.4, -0.2) is 32.5 Å². The Bertz CT molecular complexity index is 172. The maximum absolute atomic E-state index is 11.8. The molecule has 1 N–H and O–H groups in total. The van der Waals surface area contributed by atoms with Crippen molar-refractivity contribution >= 4 is 0 Å². The van der Waals surface area contributed by atoms with E-state index in [0.717, 1.165) is 25.9 Å². The third-order valence-electron chi connectivity index (χ3n) is 2.19. The molecule has 0 aromatic rings. The number of nitrogens with one attached hydrogen (secondary N) is 1. The highest BCUT2D eigenvalue weighted by Crippen LogP contribution is 2.20. The normalized spacial score (nSPS) is 12.4. The molecule has 0 fully saturated rings. The molecule has 0 saturated heterocycles. The predicted molar refractivity (Wildman–Crippen MR) is 63.0 cm³/mol. The summed E-state index contributed by atoms with van der Waals surface area (Å²) in [4.78, 5) is 0. The summed E-state index contributed by atoms with van der Waals surface area (Å²) in [7, 11) is 0. The first-order valence-corrected chi connectivity index (χ1v) is 6.27. The zero-order valence-electron chi connectivity index (χ0n) is 10.8. The van der Waals surface area contributed by atoms with E-state index in [2.05, 4.69) is 19.2 Å². The van der Waals surface area contributed by atoms with Crippen molar-refractivity contribution in [3.05, 3.63) is 0 Å². The van der Waals surface area contributed by atoms with E-state index in [1.165, 1.54) is 0 Å². The molecule has 0 aromatic heterocycles. The lowest BCUT2D eigenvalue weighted by Gasteiger charge is -2.08. The van der Waals surface area contributed by atoms with E-state index in [9.17, 15) is 13.2 Å². The fraction of sp³-hybridized carbons (Fsp3) is 1.00. The SMILES string of the molecule is CC(C)CNCCCCOCCCC(F)(F)F. The fourth-order valence-electron chi connectivity index (χ4n) is 1.32. The predicted octanol–water partition coefficient (Wildman–Crippen LogP) is 3.37. The molecule has 0 aliphatic carbocycles. The number of rotatable bonds is 10. The van der Waals surface area contributed by atoms with Crippen molar-refractivity contribution in [2.45, 2.75) is 45.7 Å². The van der Waals surface area contributed by atoms with Crippen LogP contribution < -0.4 is 5.32 Å². The van der Waals surface area contributed by atoms with Gasteiger partial charge < -0.3 is 10.1 Å². The molecule has 17 heavy (non-hydrogen) atoms. The standard InChI is InChI=1S/C12H24F3NO/c1-11(2)10-16-7-3-4-8-17-9-5-6-12(13,14)15/h11,16H,3-10H2,1-2H3. The van der Waals surface area contributed by atoms with Gasteiger partial charge in [0.25, 0.3) is 0 Å². The Morgan fingerprint density at radius 1 is 1.06 bits per heavy atom. The maximum Gasteiger partial charge on any atom is 0.389 e. The lowest BCUT2D eigenvalue weighted by molar-refractivity contribution is -0.137. The van der Waals surface area contributed by atoms with Gasteiger partial charge in [-0.05, 0) is 38.3 Å². The zero-order chi connectivity index (χ0) is 13.1. The van der Waals surface area contributed by atoms with Crippen LogP contribution in [0.25, 0.3) is 0 Å². The van der Waals surface area contributed by atoms with Crippen LogP contribution >= 0.6 is 0 Å². The van der Waals surface area contributed by atoms with E-state index in [-0.39, 0.29) is 13.0 Å². The minimum absolute atomic E-state index is 0.0646. The number of halogens is 3. The van der Waals surface area contributed by atoms with Gasteiger partial charge in [0.2, 0.25) is 0 Å². The van der Waals surface area contributed by atoms with Crippen LogP contribution in [0.15, 0.2) is 0 Å². The Kier molecular flexibility index (Phi) is 9.55. The molecule has 0 aliphatic rings. The molecule has 0 atom stereocenters. The number of unbranched alkanes of at least 4 members (excludes halogenated alkanes) is 1. The van der Waals surface area contributed by atoms with Crippen LogP contribution in [0.2, 0.25) is 0 Å². The molecule has 2 nitrogen and oxygen atoms in total. The quantitative estimate of drug-likeness (QED) is 0.604. The second-order valence-corrected chi connectivity index (χ2v) is 4.64. The second kappa shape index (κ2) is 9.71. The summed E-state index contributed by atoms with van der Waals surface area (Å²) < 4.78 is 40.4. The Hall–Kier alpha value is -0.290. The molecule has 0 spiro atoms. The molecule has 0 amide bonds. The lowest BCUT2D eigenvalue weighted by Crippen LogP contribution is -2.20. The van der Waals surface area contributed by atoms with Crippen LogP contribution in [0.1, 0.15) is 39.5 Å². The Labute approximate surface area is 102 Å². The van der Waals surface area contributed by atoms with Gasteiger partial charge in [0, 0.05) is 19.6 Å². The highest BCUT2D eigenvalue weighted by molar-refractivity contribution is 4.52. The highest BCUT2D eigenvalue weighted by atomic mass is 19.4. The van der Waals surface area contributed by atoms with Crippen LogP contribution in [0, 0.1) is 5.92 Å². The molecule has 0 aliphatic heterocycles. The molecule has 0 radical (unpaired) electrons. The topological polar surface area (TPSA) is 21.3 Å². The molecule has 0 heterocycles. The largest absolute Gasteiger partial charge is 0.389 e. The van der Waals surface area contributed by atoms with Crippen molar-refractivity contribution in [1.82, 2.24) is 5.32 Å². The Morgan fingerprint density at radius 3 is 2.29 bits per heavy atom. The number of ether oxygens (including phenoxy) is 1. The van der Waals surface area contributed by atoms with Crippen molar-refractivity contribution in [1.29, 1.82) is 0 Å². The molecule has 0 saturated carbocycles. The lowest BCUT2D eigenvalue weighted by atomic mass is 10.2. The highest BCUT2D eigenvalue weighted by Gasteiger charge is 2.25. The average Bonchev–Trinajstić information content (AvgIpc) is 2.18. The summed E-state index contributed by atoms with van der Waals surface area (Å²) in [6, 6.07) is 0. The number of hydrogen-bond donors (Lipinski definition) is 1. The third-order valence-corrected chi connectivity index (χ3v) is 2.19. The summed E-state index contributed by atoms with van der Waals surface area (Å²) in [5, 5.41) is 3.30. The van der Waals surface area contributed by atoms with Crippen molar-refractivity contribution in [3.63, 3.8) is 0 Å². The van der Waals surface area contributed by atoms with Crippen LogP contribution in [0.5, 0.6) is 0 Å². The van der Waals surface area contributed by atoms with E-state index in [4.69, 9.17) is 4.74 Å². The first-order valence-electron chi connectivity index (χ1n) is 6.27. The molecule has 0 unspecified atom stereocenters. The van der Waals surface area contributed by atoms with E-state index in [0.29, 0.717) is 12.5 Å². The average molecular weight is 255 g/mol. The fourth-order valence-corrected chi connectivity index (χ4v) is 1.32. The van der Waals surface area contributed by atoms with Crippen molar-refractivity contribution in [3.8, 4) is 0 Å². The summed E-state index contributed by atoms with van der Waals surface area (Å²) >= 11 is 0. The Morgan fingerprint density at radius 2 is 1.71 bits per heavy atom. The van der Waals surface area contributed by atoms with Gasteiger partial charge in [-0.15, -0.1) is 0 Å². The molecule has 5 heteroatoms. The number of alkyl halides is 3.